The molecule has 1 heterocycles. The highest BCUT2D eigenvalue weighted by atomic mass is 16.7. The summed E-state index contributed by atoms with van der Waals surface area (Å²) in [5.41, 5.74) is 0.929. The first-order chi connectivity index (χ1) is 13.4. The van der Waals surface area contributed by atoms with Crippen molar-refractivity contribution in [2.24, 2.45) is 0 Å². The van der Waals surface area contributed by atoms with E-state index < -0.39 is 37.3 Å². The fraction of sp³-hybridized carbons (Fsp3) is 0.350. The number of phenolic OH excluding ortho intramolecular Hbond substituents is 1. The lowest BCUT2D eigenvalue weighted by atomic mass is 9.99. The predicted octanol–water partition coefficient (Wildman–Crippen LogP) is -0.00370. The number of carbonyl (C=O) groups is 1. The number of rotatable bonds is 6. The molecule has 8 nitrogen and oxygen atoms in total. The number of carbonyl (C=O) groups excluding carboxylic acids is 1. The van der Waals surface area contributed by atoms with Gasteiger partial charge < -0.3 is 35.0 Å². The Bertz CT molecular complexity index is 807. The molecule has 2 aromatic carbocycles. The van der Waals surface area contributed by atoms with Crippen molar-refractivity contribution in [1.82, 2.24) is 0 Å². The number of Topliss-reactive ketones (excluding diaryl/α,β-unsaturated/α-hetero) is 1. The molecule has 8 heteroatoms. The van der Waals surface area contributed by atoms with Gasteiger partial charge in [0.15, 0.2) is 5.78 Å². The Kier molecular flexibility index (Phi) is 6.28. The van der Waals surface area contributed by atoms with Gasteiger partial charge in [-0.15, -0.1) is 0 Å². The summed E-state index contributed by atoms with van der Waals surface area (Å²) in [4.78, 5) is 12.4. The summed E-state index contributed by atoms with van der Waals surface area (Å²) in [6.07, 6.45) is -6.99. The minimum absolute atomic E-state index is 0.0816. The second-order valence-corrected chi connectivity index (χ2v) is 6.58. The lowest BCUT2D eigenvalue weighted by Gasteiger charge is -2.39. The van der Waals surface area contributed by atoms with Gasteiger partial charge in [0.25, 0.3) is 0 Å². The van der Waals surface area contributed by atoms with Gasteiger partial charge in [-0.3, -0.25) is 4.79 Å². The van der Waals surface area contributed by atoms with Crippen molar-refractivity contribution in [1.29, 1.82) is 0 Å². The van der Waals surface area contributed by atoms with Crippen LogP contribution in [0.2, 0.25) is 0 Å². The number of ketones is 1. The van der Waals surface area contributed by atoms with Gasteiger partial charge >= 0.3 is 0 Å². The topological polar surface area (TPSA) is 137 Å². The van der Waals surface area contributed by atoms with Gasteiger partial charge in [0, 0.05) is 12.5 Å². The third-order valence-electron chi connectivity index (χ3n) is 4.58. The normalized spacial score (nSPS) is 27.4. The van der Waals surface area contributed by atoms with Gasteiger partial charge in [0.1, 0.15) is 35.9 Å². The number of aromatic hydroxyl groups is 1. The Morgan fingerprint density at radius 2 is 1.71 bits per heavy atom. The van der Waals surface area contributed by atoms with E-state index in [9.17, 15) is 30.3 Å². The van der Waals surface area contributed by atoms with Crippen LogP contribution in [-0.4, -0.2) is 68.6 Å². The number of aliphatic hydroxyl groups excluding tert-OH is 4. The Labute approximate surface area is 161 Å². The zero-order chi connectivity index (χ0) is 20.3. The monoisotopic (exact) mass is 390 g/mol. The van der Waals surface area contributed by atoms with Crippen molar-refractivity contribution in [2.45, 2.75) is 37.1 Å². The van der Waals surface area contributed by atoms with Crippen LogP contribution in [0, 0.1) is 0 Å². The van der Waals surface area contributed by atoms with Crippen LogP contribution < -0.4 is 4.74 Å². The third kappa shape index (κ3) is 4.32. The van der Waals surface area contributed by atoms with Crippen molar-refractivity contribution in [2.75, 3.05) is 6.61 Å². The van der Waals surface area contributed by atoms with Gasteiger partial charge in [-0.25, -0.2) is 0 Å². The highest BCUT2D eigenvalue weighted by Gasteiger charge is 2.44. The molecule has 1 aliphatic heterocycles. The van der Waals surface area contributed by atoms with Crippen LogP contribution in [0.15, 0.2) is 48.5 Å². The minimum atomic E-state index is -1.57. The first-order valence-electron chi connectivity index (χ1n) is 8.78. The summed E-state index contributed by atoms with van der Waals surface area (Å²) in [6.45, 7) is -0.580. The van der Waals surface area contributed by atoms with Gasteiger partial charge in [0.2, 0.25) is 6.29 Å². The Balaban J connectivity index is 1.71. The average Bonchev–Trinajstić information content (AvgIpc) is 2.69. The number of hydrogen-bond donors (Lipinski definition) is 5. The van der Waals surface area contributed by atoms with Crippen LogP contribution in [0.25, 0.3) is 0 Å². The van der Waals surface area contributed by atoms with E-state index in [1.165, 1.54) is 18.2 Å². The van der Waals surface area contributed by atoms with Crippen molar-refractivity contribution < 1.29 is 39.8 Å². The molecule has 28 heavy (non-hydrogen) atoms. The molecule has 2 aromatic rings. The molecule has 3 rings (SSSR count). The van der Waals surface area contributed by atoms with Gasteiger partial charge in [-0.2, -0.15) is 0 Å². The van der Waals surface area contributed by atoms with E-state index in [2.05, 4.69) is 0 Å². The maximum absolute atomic E-state index is 12.4. The summed E-state index contributed by atoms with van der Waals surface area (Å²) in [5, 5.41) is 49.0. The molecule has 0 bridgehead atoms. The molecule has 5 N–H and O–H groups in total. The van der Waals surface area contributed by atoms with E-state index in [1.54, 1.807) is 0 Å². The summed E-state index contributed by atoms with van der Waals surface area (Å²) in [7, 11) is 0. The van der Waals surface area contributed by atoms with Crippen molar-refractivity contribution in [3.05, 3.63) is 59.7 Å². The van der Waals surface area contributed by atoms with E-state index in [0.29, 0.717) is 0 Å². The molecule has 0 radical (unpaired) electrons. The predicted molar refractivity (Wildman–Crippen MR) is 97.0 cm³/mol. The van der Waals surface area contributed by atoms with Crippen molar-refractivity contribution in [3.63, 3.8) is 0 Å². The number of phenols is 1. The first kappa shape index (κ1) is 20.2. The zero-order valence-corrected chi connectivity index (χ0v) is 14.9. The standard InChI is InChI=1S/C20H22O8/c21-10-16-17(24)18(25)19(26)20(28-16)27-12-6-7-13(15(23)9-12)14(22)8-11-4-2-1-3-5-11/h1-7,9,16-21,23-26H,8,10H2/t16-,17-,18+,19-,20-/m1/s1. The van der Waals surface area contributed by atoms with Gasteiger partial charge in [-0.05, 0) is 17.7 Å². The molecule has 1 fully saturated rings. The molecule has 0 saturated carbocycles. The molecule has 150 valence electrons. The smallest absolute Gasteiger partial charge is 0.229 e. The maximum Gasteiger partial charge on any atom is 0.229 e. The summed E-state index contributed by atoms with van der Waals surface area (Å²) in [6, 6.07) is 13.1. The summed E-state index contributed by atoms with van der Waals surface area (Å²) >= 11 is 0. The second-order valence-electron chi connectivity index (χ2n) is 6.58. The largest absolute Gasteiger partial charge is 0.507 e. The van der Waals surface area contributed by atoms with Gasteiger partial charge in [0.05, 0.1) is 12.2 Å². The molecule has 0 amide bonds. The quantitative estimate of drug-likeness (QED) is 0.435. The van der Waals surface area contributed by atoms with Crippen LogP contribution in [0.1, 0.15) is 15.9 Å². The third-order valence-corrected chi connectivity index (χ3v) is 4.58. The molecule has 0 spiro atoms. The van der Waals surface area contributed by atoms with E-state index in [1.807, 2.05) is 30.3 Å². The summed E-state index contributed by atoms with van der Waals surface area (Å²) in [5.74, 6) is -0.496. The Morgan fingerprint density at radius 1 is 1.00 bits per heavy atom. The zero-order valence-electron chi connectivity index (χ0n) is 14.9. The number of hydrogen-bond acceptors (Lipinski definition) is 8. The van der Waals surface area contributed by atoms with E-state index in [-0.39, 0.29) is 29.3 Å². The van der Waals surface area contributed by atoms with E-state index >= 15 is 0 Å². The second kappa shape index (κ2) is 8.68. The fourth-order valence-electron chi connectivity index (χ4n) is 3.00. The molecule has 0 aromatic heterocycles. The van der Waals surface area contributed by atoms with Crippen LogP contribution >= 0.6 is 0 Å². The summed E-state index contributed by atoms with van der Waals surface area (Å²) < 4.78 is 10.7. The molecule has 0 unspecified atom stereocenters. The molecular formula is C20H22O8. The van der Waals surface area contributed by atoms with Crippen LogP contribution in [0.3, 0.4) is 0 Å². The van der Waals surface area contributed by atoms with Gasteiger partial charge in [-0.1, -0.05) is 30.3 Å². The molecular weight excluding hydrogens is 368 g/mol. The molecule has 0 aliphatic carbocycles. The molecule has 1 aliphatic rings. The van der Waals surface area contributed by atoms with Crippen LogP contribution in [0.4, 0.5) is 0 Å². The first-order valence-corrected chi connectivity index (χ1v) is 8.78. The number of ether oxygens (including phenoxy) is 2. The molecule has 1 saturated heterocycles. The fourth-order valence-corrected chi connectivity index (χ4v) is 3.00. The van der Waals surface area contributed by atoms with Crippen LogP contribution in [-0.2, 0) is 11.2 Å². The number of aliphatic hydroxyl groups is 4. The minimum Gasteiger partial charge on any atom is -0.507 e. The Morgan fingerprint density at radius 3 is 2.36 bits per heavy atom. The number of benzene rings is 2. The highest BCUT2D eigenvalue weighted by molar-refractivity contribution is 6.00. The SMILES string of the molecule is O=C(Cc1ccccc1)c1ccc(O[C@@H]2O[C@H](CO)[C@@H](O)[C@H](O)[C@H]2O)cc1O. The lowest BCUT2D eigenvalue weighted by Crippen LogP contribution is -2.60. The van der Waals surface area contributed by atoms with E-state index in [0.717, 1.165) is 5.56 Å². The van der Waals surface area contributed by atoms with Crippen LogP contribution in [0.5, 0.6) is 11.5 Å². The van der Waals surface area contributed by atoms with Crippen molar-refractivity contribution in [3.8, 4) is 11.5 Å². The van der Waals surface area contributed by atoms with E-state index in [4.69, 9.17) is 9.47 Å². The lowest BCUT2D eigenvalue weighted by molar-refractivity contribution is -0.277. The maximum atomic E-state index is 12.4. The molecule has 5 atom stereocenters. The highest BCUT2D eigenvalue weighted by Crippen LogP contribution is 2.29. The average molecular weight is 390 g/mol. The Hall–Kier alpha value is -2.49. The van der Waals surface area contributed by atoms with Crippen molar-refractivity contribution >= 4 is 5.78 Å².